The number of carbonyl (C=O) groups is 1. The summed E-state index contributed by atoms with van der Waals surface area (Å²) in [5, 5.41) is 0. The third kappa shape index (κ3) is 3.76. The van der Waals surface area contributed by atoms with Gasteiger partial charge in [0, 0.05) is 26.6 Å². The van der Waals surface area contributed by atoms with Crippen LogP contribution in [0.15, 0.2) is 22.7 Å². The molecule has 1 unspecified atom stereocenters. The Morgan fingerprint density at radius 2 is 2.35 bits per heavy atom. The fraction of sp³-hybridized carbons (Fsp3) is 0.462. The number of ether oxygens (including phenoxy) is 1. The molecule has 92 valence electrons. The minimum Gasteiger partial charge on any atom is -0.378 e. The molecule has 0 amide bonds. The Balaban J connectivity index is 1.96. The van der Waals surface area contributed by atoms with E-state index in [0.717, 1.165) is 39.5 Å². The highest BCUT2D eigenvalue weighted by Crippen LogP contribution is 2.23. The maximum absolute atomic E-state index is 12.1. The molecule has 0 spiro atoms. The summed E-state index contributed by atoms with van der Waals surface area (Å²) in [5.74, 6) is 0.200. The first kappa shape index (κ1) is 13.5. The van der Waals surface area contributed by atoms with Crippen LogP contribution in [0.25, 0.3) is 0 Å². The lowest BCUT2D eigenvalue weighted by Crippen LogP contribution is -2.09. The molecule has 0 aliphatic carbocycles. The van der Waals surface area contributed by atoms with Gasteiger partial charge in [0.1, 0.15) is 0 Å². The van der Waals surface area contributed by atoms with Crippen molar-refractivity contribution < 1.29 is 9.53 Å². The smallest absolute Gasteiger partial charge is 0.164 e. The third-order valence-corrected chi connectivity index (χ3v) is 4.31. The Hall–Kier alpha value is 0.0600. The van der Waals surface area contributed by atoms with E-state index in [1.54, 1.807) is 0 Å². The number of benzene rings is 1. The summed E-state index contributed by atoms with van der Waals surface area (Å²) in [6.07, 6.45) is 3.94. The number of halogens is 2. The molecule has 4 heteroatoms. The van der Waals surface area contributed by atoms with Gasteiger partial charge in [-0.15, -0.1) is 0 Å². The molecule has 0 saturated carbocycles. The first-order valence-corrected chi connectivity index (χ1v) is 7.64. The molecule has 2 nitrogen and oxygen atoms in total. The van der Waals surface area contributed by atoms with E-state index in [4.69, 9.17) is 4.74 Å². The molecule has 1 aliphatic rings. The van der Waals surface area contributed by atoms with Crippen molar-refractivity contribution >= 4 is 44.3 Å². The number of carbonyl (C=O) groups excluding carboxylic acids is 1. The first-order valence-electron chi connectivity index (χ1n) is 5.76. The zero-order valence-corrected chi connectivity index (χ0v) is 13.2. The predicted molar refractivity (Wildman–Crippen MR) is 79.4 cm³/mol. The van der Waals surface area contributed by atoms with Gasteiger partial charge in [-0.2, -0.15) is 0 Å². The second-order valence-corrected chi connectivity index (χ2v) is 6.32. The standard InChI is InChI=1S/C13H14BrIO2/c14-12-5-3-9(15)8-11(12)13(16)6-4-10-2-1-7-17-10/h3,5,8,10H,1-2,4,6-7H2. The van der Waals surface area contributed by atoms with Gasteiger partial charge in [0.05, 0.1) is 6.10 Å². The van der Waals surface area contributed by atoms with E-state index in [1.165, 1.54) is 0 Å². The summed E-state index contributed by atoms with van der Waals surface area (Å²) in [7, 11) is 0. The molecule has 2 rings (SSSR count). The SMILES string of the molecule is O=C(CCC1CCCO1)c1cc(I)ccc1Br. The van der Waals surface area contributed by atoms with Crippen molar-refractivity contribution in [1.29, 1.82) is 0 Å². The monoisotopic (exact) mass is 408 g/mol. The fourth-order valence-electron chi connectivity index (χ4n) is 2.01. The molecular weight excluding hydrogens is 395 g/mol. The van der Waals surface area contributed by atoms with E-state index in [0.29, 0.717) is 12.5 Å². The van der Waals surface area contributed by atoms with Crippen molar-refractivity contribution in [2.75, 3.05) is 6.61 Å². The largest absolute Gasteiger partial charge is 0.378 e. The molecule has 0 aromatic heterocycles. The first-order chi connectivity index (χ1) is 8.16. The summed E-state index contributed by atoms with van der Waals surface area (Å²) < 4.78 is 7.50. The zero-order chi connectivity index (χ0) is 12.3. The Bertz CT molecular complexity index is 414. The van der Waals surface area contributed by atoms with Crippen molar-refractivity contribution in [1.82, 2.24) is 0 Å². The second-order valence-electron chi connectivity index (χ2n) is 4.22. The molecule has 1 saturated heterocycles. The maximum Gasteiger partial charge on any atom is 0.164 e. The van der Waals surface area contributed by atoms with Gasteiger partial charge in [0.15, 0.2) is 5.78 Å². The van der Waals surface area contributed by atoms with E-state index in [1.807, 2.05) is 18.2 Å². The van der Waals surface area contributed by atoms with Crippen LogP contribution in [0.2, 0.25) is 0 Å². The van der Waals surface area contributed by atoms with E-state index >= 15 is 0 Å². The molecule has 0 bridgehead atoms. The van der Waals surface area contributed by atoms with Gasteiger partial charge >= 0.3 is 0 Å². The molecule has 0 N–H and O–H groups in total. The Morgan fingerprint density at radius 3 is 3.06 bits per heavy atom. The number of hydrogen-bond acceptors (Lipinski definition) is 2. The van der Waals surface area contributed by atoms with Crippen LogP contribution in [0.4, 0.5) is 0 Å². The normalized spacial score (nSPS) is 19.5. The average Bonchev–Trinajstić information content (AvgIpc) is 2.82. The molecule has 0 radical (unpaired) electrons. The predicted octanol–water partition coefficient (Wildman–Crippen LogP) is 4.20. The molecule has 1 aliphatic heterocycles. The number of Topliss-reactive ketones (excluding diaryl/α,β-unsaturated/α-hetero) is 1. The van der Waals surface area contributed by atoms with Crippen LogP contribution in [0.5, 0.6) is 0 Å². The van der Waals surface area contributed by atoms with E-state index in [-0.39, 0.29) is 5.78 Å². The van der Waals surface area contributed by atoms with Gasteiger partial charge < -0.3 is 4.74 Å². The average molecular weight is 409 g/mol. The fourth-order valence-corrected chi connectivity index (χ4v) is 2.97. The maximum atomic E-state index is 12.1. The molecule has 1 aromatic rings. The van der Waals surface area contributed by atoms with Gasteiger partial charge in [-0.1, -0.05) is 15.9 Å². The lowest BCUT2D eigenvalue weighted by Gasteiger charge is -2.09. The summed E-state index contributed by atoms with van der Waals surface area (Å²) in [6.45, 7) is 0.853. The highest BCUT2D eigenvalue weighted by molar-refractivity contribution is 14.1. The van der Waals surface area contributed by atoms with E-state index in [2.05, 4.69) is 38.5 Å². The van der Waals surface area contributed by atoms with Gasteiger partial charge in [0.2, 0.25) is 0 Å². The van der Waals surface area contributed by atoms with E-state index < -0.39 is 0 Å². The quantitative estimate of drug-likeness (QED) is 0.551. The summed E-state index contributed by atoms with van der Waals surface area (Å²) >= 11 is 5.65. The van der Waals surface area contributed by atoms with Gasteiger partial charge in [-0.05, 0) is 60.1 Å². The lowest BCUT2D eigenvalue weighted by molar-refractivity contribution is 0.0859. The molecular formula is C13H14BrIO2. The zero-order valence-electron chi connectivity index (χ0n) is 9.42. The number of ketones is 1. The van der Waals surface area contributed by atoms with Crippen LogP contribution < -0.4 is 0 Å². The highest BCUT2D eigenvalue weighted by Gasteiger charge is 2.18. The van der Waals surface area contributed by atoms with Gasteiger partial charge in [0.25, 0.3) is 0 Å². The van der Waals surface area contributed by atoms with Crippen LogP contribution in [-0.2, 0) is 4.74 Å². The summed E-state index contributed by atoms with van der Waals surface area (Å²) in [4.78, 5) is 12.1. The summed E-state index contributed by atoms with van der Waals surface area (Å²) in [6, 6.07) is 5.85. The Kier molecular flexibility index (Phi) is 4.99. The van der Waals surface area contributed by atoms with Crippen LogP contribution >= 0.6 is 38.5 Å². The minimum absolute atomic E-state index is 0.200. The number of rotatable bonds is 4. The molecule has 1 atom stereocenters. The summed E-state index contributed by atoms with van der Waals surface area (Å²) in [5.41, 5.74) is 0.787. The van der Waals surface area contributed by atoms with Crippen LogP contribution in [0.3, 0.4) is 0 Å². The molecule has 1 fully saturated rings. The van der Waals surface area contributed by atoms with Gasteiger partial charge in [-0.25, -0.2) is 0 Å². The van der Waals surface area contributed by atoms with Crippen molar-refractivity contribution in [2.45, 2.75) is 31.8 Å². The second kappa shape index (κ2) is 6.29. The Morgan fingerprint density at radius 1 is 1.53 bits per heavy atom. The molecule has 1 aromatic carbocycles. The molecule has 1 heterocycles. The topological polar surface area (TPSA) is 26.3 Å². The Labute approximate surface area is 123 Å². The van der Waals surface area contributed by atoms with Crippen molar-refractivity contribution in [2.24, 2.45) is 0 Å². The van der Waals surface area contributed by atoms with Crippen molar-refractivity contribution in [3.63, 3.8) is 0 Å². The van der Waals surface area contributed by atoms with Crippen molar-refractivity contribution in [3.8, 4) is 0 Å². The van der Waals surface area contributed by atoms with Gasteiger partial charge in [-0.3, -0.25) is 4.79 Å². The molecule has 17 heavy (non-hydrogen) atoms. The van der Waals surface area contributed by atoms with Crippen LogP contribution in [0, 0.1) is 3.57 Å². The van der Waals surface area contributed by atoms with Crippen molar-refractivity contribution in [3.05, 3.63) is 31.8 Å². The minimum atomic E-state index is 0.200. The third-order valence-electron chi connectivity index (χ3n) is 2.95. The van der Waals surface area contributed by atoms with E-state index in [9.17, 15) is 4.79 Å². The highest BCUT2D eigenvalue weighted by atomic mass is 127. The van der Waals surface area contributed by atoms with Crippen LogP contribution in [0.1, 0.15) is 36.0 Å². The van der Waals surface area contributed by atoms with Crippen LogP contribution in [-0.4, -0.2) is 18.5 Å². The lowest BCUT2D eigenvalue weighted by atomic mass is 10.0. The number of hydrogen-bond donors (Lipinski definition) is 0.